The maximum Gasteiger partial charge on any atom is 0.308 e. The van der Waals surface area contributed by atoms with Gasteiger partial charge in [0.05, 0.1) is 32.2 Å². The van der Waals surface area contributed by atoms with Gasteiger partial charge in [0.1, 0.15) is 0 Å². The molecule has 0 aromatic heterocycles. The standard InChI is InChI=1S/C17H34O5Si/c1-12(2)21-16(19)11-14(13(3)10-15(18)20-7)22-23(8,9)17(4,5)6/h12-14H,10-11H2,1-9H3/t13-,14-/m1/s1. The maximum atomic E-state index is 12.1. The fourth-order valence-electron chi connectivity index (χ4n) is 1.87. The van der Waals surface area contributed by atoms with E-state index in [0.29, 0.717) is 0 Å². The Bertz CT molecular complexity index is 398. The van der Waals surface area contributed by atoms with E-state index in [4.69, 9.17) is 13.9 Å². The molecule has 5 nitrogen and oxygen atoms in total. The van der Waals surface area contributed by atoms with Crippen LogP contribution in [-0.4, -0.2) is 39.6 Å². The van der Waals surface area contributed by atoms with Gasteiger partial charge in [0, 0.05) is 0 Å². The second-order valence-electron chi connectivity index (χ2n) is 7.92. The number of hydrogen-bond donors (Lipinski definition) is 0. The van der Waals surface area contributed by atoms with Gasteiger partial charge < -0.3 is 13.9 Å². The highest BCUT2D eigenvalue weighted by Crippen LogP contribution is 2.38. The van der Waals surface area contributed by atoms with Crippen LogP contribution in [0.3, 0.4) is 0 Å². The van der Waals surface area contributed by atoms with Gasteiger partial charge in [0.2, 0.25) is 0 Å². The topological polar surface area (TPSA) is 61.8 Å². The molecule has 0 aliphatic rings. The van der Waals surface area contributed by atoms with Crippen LogP contribution in [0.4, 0.5) is 0 Å². The highest BCUT2D eigenvalue weighted by molar-refractivity contribution is 6.74. The van der Waals surface area contributed by atoms with Crippen LogP contribution in [0.15, 0.2) is 0 Å². The summed E-state index contributed by atoms with van der Waals surface area (Å²) < 4.78 is 16.4. The number of carbonyl (C=O) groups excluding carboxylic acids is 2. The summed E-state index contributed by atoms with van der Waals surface area (Å²) in [4.78, 5) is 23.6. The quantitative estimate of drug-likeness (QED) is 0.492. The van der Waals surface area contributed by atoms with E-state index in [2.05, 4.69) is 33.9 Å². The lowest BCUT2D eigenvalue weighted by atomic mass is 9.98. The van der Waals surface area contributed by atoms with E-state index in [1.807, 2.05) is 20.8 Å². The molecular formula is C17H34O5Si. The fraction of sp³-hybridized carbons (Fsp3) is 0.882. The van der Waals surface area contributed by atoms with Crippen molar-refractivity contribution in [3.63, 3.8) is 0 Å². The van der Waals surface area contributed by atoms with Crippen molar-refractivity contribution in [2.45, 2.75) is 84.7 Å². The Hall–Kier alpha value is -0.883. The Morgan fingerprint density at radius 2 is 1.52 bits per heavy atom. The Balaban J connectivity index is 5.14. The lowest BCUT2D eigenvalue weighted by molar-refractivity contribution is -0.151. The molecule has 0 bridgehead atoms. The van der Waals surface area contributed by atoms with Gasteiger partial charge in [0.15, 0.2) is 8.32 Å². The Kier molecular flexibility index (Phi) is 8.49. The molecule has 0 heterocycles. The first kappa shape index (κ1) is 22.1. The second-order valence-corrected chi connectivity index (χ2v) is 12.7. The van der Waals surface area contributed by atoms with Crippen molar-refractivity contribution in [1.82, 2.24) is 0 Å². The summed E-state index contributed by atoms with van der Waals surface area (Å²) in [5, 5.41) is 0.0260. The SMILES string of the molecule is COC(=O)C[C@@H](C)[C@@H](CC(=O)OC(C)C)O[Si](C)(C)C(C)(C)C. The van der Waals surface area contributed by atoms with E-state index >= 15 is 0 Å². The molecule has 136 valence electrons. The third kappa shape index (κ3) is 7.97. The van der Waals surface area contributed by atoms with Gasteiger partial charge in [-0.1, -0.05) is 27.7 Å². The highest BCUT2D eigenvalue weighted by atomic mass is 28.4. The average Bonchev–Trinajstić information content (AvgIpc) is 2.34. The van der Waals surface area contributed by atoms with E-state index in [9.17, 15) is 9.59 Å². The van der Waals surface area contributed by atoms with Crippen LogP contribution in [0.2, 0.25) is 18.1 Å². The van der Waals surface area contributed by atoms with Gasteiger partial charge in [-0.2, -0.15) is 0 Å². The molecule has 6 heteroatoms. The predicted octanol–water partition coefficient (Wildman–Crippen LogP) is 3.92. The Morgan fingerprint density at radius 3 is 1.91 bits per heavy atom. The molecule has 0 radical (unpaired) electrons. The molecule has 0 saturated heterocycles. The van der Waals surface area contributed by atoms with Gasteiger partial charge in [-0.05, 0) is 37.9 Å². The molecule has 0 rings (SSSR count). The van der Waals surface area contributed by atoms with E-state index < -0.39 is 8.32 Å². The first-order chi connectivity index (χ1) is 10.3. The van der Waals surface area contributed by atoms with Crippen LogP contribution in [-0.2, 0) is 23.5 Å². The molecule has 0 saturated carbocycles. The molecule has 0 N–H and O–H groups in total. The summed E-state index contributed by atoms with van der Waals surface area (Å²) in [6, 6.07) is 0. The van der Waals surface area contributed by atoms with E-state index in [0.717, 1.165) is 0 Å². The minimum absolute atomic E-state index is 0.0260. The number of rotatable bonds is 8. The smallest absolute Gasteiger partial charge is 0.308 e. The van der Waals surface area contributed by atoms with Gasteiger partial charge in [-0.15, -0.1) is 0 Å². The van der Waals surface area contributed by atoms with Crippen molar-refractivity contribution < 1.29 is 23.5 Å². The van der Waals surface area contributed by atoms with Crippen molar-refractivity contribution >= 4 is 20.3 Å². The maximum absolute atomic E-state index is 12.1. The predicted molar refractivity (Wildman–Crippen MR) is 93.7 cm³/mol. The number of hydrogen-bond acceptors (Lipinski definition) is 5. The fourth-order valence-corrected chi connectivity index (χ4v) is 3.29. The van der Waals surface area contributed by atoms with Gasteiger partial charge in [-0.25, -0.2) is 0 Å². The first-order valence-corrected chi connectivity index (χ1v) is 11.1. The summed E-state index contributed by atoms with van der Waals surface area (Å²) in [6.45, 7) is 16.3. The minimum Gasteiger partial charge on any atom is -0.469 e. The molecule has 0 amide bonds. The third-order valence-electron chi connectivity index (χ3n) is 4.34. The third-order valence-corrected chi connectivity index (χ3v) is 8.84. The molecule has 0 unspecified atom stereocenters. The van der Waals surface area contributed by atoms with Crippen LogP contribution in [0.25, 0.3) is 0 Å². The zero-order valence-corrected chi connectivity index (χ0v) is 17.2. The van der Waals surface area contributed by atoms with E-state index in [-0.39, 0.29) is 47.9 Å². The summed E-state index contributed by atoms with van der Waals surface area (Å²) in [6.07, 6.45) is -0.124. The summed E-state index contributed by atoms with van der Waals surface area (Å²) in [5.41, 5.74) is 0. The lowest BCUT2D eigenvalue weighted by Crippen LogP contribution is -2.46. The number of carbonyl (C=O) groups is 2. The van der Waals surface area contributed by atoms with Crippen LogP contribution in [0, 0.1) is 5.92 Å². The number of esters is 2. The van der Waals surface area contributed by atoms with Crippen molar-refractivity contribution in [3.8, 4) is 0 Å². The summed E-state index contributed by atoms with van der Waals surface area (Å²) in [7, 11) is -0.692. The molecule has 0 spiro atoms. The van der Waals surface area contributed by atoms with Crippen LogP contribution >= 0.6 is 0 Å². The zero-order chi connectivity index (χ0) is 18.4. The van der Waals surface area contributed by atoms with Crippen LogP contribution < -0.4 is 0 Å². The van der Waals surface area contributed by atoms with Crippen LogP contribution in [0.5, 0.6) is 0 Å². The molecular weight excluding hydrogens is 312 g/mol. The van der Waals surface area contributed by atoms with Gasteiger partial charge in [0.25, 0.3) is 0 Å². The van der Waals surface area contributed by atoms with Crippen molar-refractivity contribution in [2.75, 3.05) is 7.11 Å². The Morgan fingerprint density at radius 1 is 1.00 bits per heavy atom. The second kappa shape index (κ2) is 8.83. The molecule has 0 aromatic carbocycles. The van der Waals surface area contributed by atoms with E-state index in [1.165, 1.54) is 7.11 Å². The van der Waals surface area contributed by atoms with E-state index in [1.54, 1.807) is 0 Å². The van der Waals surface area contributed by atoms with Gasteiger partial charge >= 0.3 is 11.9 Å². The molecule has 0 aliphatic heterocycles. The van der Waals surface area contributed by atoms with Crippen molar-refractivity contribution in [1.29, 1.82) is 0 Å². The average molecular weight is 347 g/mol. The normalized spacial score (nSPS) is 15.2. The summed E-state index contributed by atoms with van der Waals surface area (Å²) >= 11 is 0. The lowest BCUT2D eigenvalue weighted by Gasteiger charge is -2.40. The van der Waals surface area contributed by atoms with Crippen molar-refractivity contribution in [3.05, 3.63) is 0 Å². The highest BCUT2D eigenvalue weighted by Gasteiger charge is 2.41. The monoisotopic (exact) mass is 346 g/mol. The largest absolute Gasteiger partial charge is 0.469 e. The zero-order valence-electron chi connectivity index (χ0n) is 16.2. The first-order valence-electron chi connectivity index (χ1n) is 8.24. The number of ether oxygens (including phenoxy) is 2. The summed E-state index contributed by atoms with van der Waals surface area (Å²) in [5.74, 6) is -0.699. The Labute approximate surface area is 142 Å². The van der Waals surface area contributed by atoms with Crippen molar-refractivity contribution in [2.24, 2.45) is 5.92 Å². The molecule has 0 aromatic rings. The van der Waals surface area contributed by atoms with Gasteiger partial charge in [-0.3, -0.25) is 9.59 Å². The molecule has 0 aliphatic carbocycles. The molecule has 2 atom stereocenters. The molecule has 23 heavy (non-hydrogen) atoms. The molecule has 0 fully saturated rings. The van der Waals surface area contributed by atoms with Crippen LogP contribution in [0.1, 0.15) is 54.4 Å². The number of methoxy groups -OCH3 is 1. The minimum atomic E-state index is -2.06.